The van der Waals surface area contributed by atoms with E-state index in [9.17, 15) is 4.39 Å². The summed E-state index contributed by atoms with van der Waals surface area (Å²) in [6, 6.07) is 0. The Hall–Kier alpha value is -0.830. The molecule has 0 radical (unpaired) electrons. The molecule has 0 aromatic carbocycles. The molecule has 0 amide bonds. The summed E-state index contributed by atoms with van der Waals surface area (Å²) in [6.07, 6.45) is 1.31. The van der Waals surface area contributed by atoms with Crippen LogP contribution in [0.5, 0.6) is 0 Å². The lowest BCUT2D eigenvalue weighted by atomic mass is 10.1. The Balaban J connectivity index is 2.85. The summed E-state index contributed by atoms with van der Waals surface area (Å²) in [5.41, 5.74) is 7.95. The standard InChI is InChI=1S/C9H15FN2/c1-6-5-12-7(2)9(6)8(10)3-4-11/h5,8,12H,3-4,11H2,1-2H3. The van der Waals surface area contributed by atoms with Gasteiger partial charge in [-0.25, -0.2) is 4.39 Å². The van der Waals surface area contributed by atoms with Gasteiger partial charge in [-0.05, 0) is 32.4 Å². The van der Waals surface area contributed by atoms with E-state index in [2.05, 4.69) is 4.98 Å². The maximum atomic E-state index is 13.4. The van der Waals surface area contributed by atoms with Gasteiger partial charge in [0.15, 0.2) is 0 Å². The first-order chi connectivity index (χ1) is 5.66. The maximum absolute atomic E-state index is 13.4. The number of alkyl halides is 1. The van der Waals surface area contributed by atoms with Gasteiger partial charge in [0.05, 0.1) is 0 Å². The second-order valence-corrected chi connectivity index (χ2v) is 3.06. The molecule has 0 saturated carbocycles. The number of rotatable bonds is 3. The van der Waals surface area contributed by atoms with Crippen LogP contribution >= 0.6 is 0 Å². The van der Waals surface area contributed by atoms with Crippen molar-refractivity contribution in [2.45, 2.75) is 26.4 Å². The van der Waals surface area contributed by atoms with Gasteiger partial charge in [0.1, 0.15) is 6.17 Å². The van der Waals surface area contributed by atoms with Crippen molar-refractivity contribution in [3.63, 3.8) is 0 Å². The van der Waals surface area contributed by atoms with E-state index in [4.69, 9.17) is 5.73 Å². The number of nitrogens with two attached hydrogens (primary N) is 1. The highest BCUT2D eigenvalue weighted by molar-refractivity contribution is 5.31. The molecule has 0 spiro atoms. The molecule has 0 aliphatic heterocycles. The summed E-state index contributed by atoms with van der Waals surface area (Å²) in [5, 5.41) is 0. The van der Waals surface area contributed by atoms with Gasteiger partial charge >= 0.3 is 0 Å². The molecule has 3 heteroatoms. The molecule has 1 aromatic heterocycles. The normalized spacial score (nSPS) is 13.3. The topological polar surface area (TPSA) is 41.8 Å². The summed E-state index contributed by atoms with van der Waals surface area (Å²) < 4.78 is 13.4. The minimum absolute atomic E-state index is 0.394. The Kier molecular flexibility index (Phi) is 2.87. The molecular formula is C9H15FN2. The Labute approximate surface area is 72.0 Å². The van der Waals surface area contributed by atoms with Crippen LogP contribution < -0.4 is 5.73 Å². The van der Waals surface area contributed by atoms with Gasteiger partial charge in [0.25, 0.3) is 0 Å². The fourth-order valence-corrected chi connectivity index (χ4v) is 1.44. The van der Waals surface area contributed by atoms with Crippen LogP contribution in [-0.4, -0.2) is 11.5 Å². The minimum Gasteiger partial charge on any atom is -0.365 e. The molecule has 68 valence electrons. The van der Waals surface area contributed by atoms with Gasteiger partial charge < -0.3 is 10.7 Å². The average Bonchev–Trinajstić information content (AvgIpc) is 2.32. The molecule has 1 heterocycles. The molecule has 1 unspecified atom stereocenters. The molecule has 1 atom stereocenters. The van der Waals surface area contributed by atoms with Crippen LogP contribution in [0.25, 0.3) is 0 Å². The average molecular weight is 170 g/mol. The number of nitrogens with one attached hydrogen (secondary N) is 1. The van der Waals surface area contributed by atoms with E-state index in [1.807, 2.05) is 20.0 Å². The molecule has 0 saturated heterocycles. The molecular weight excluding hydrogens is 155 g/mol. The summed E-state index contributed by atoms with van der Waals surface area (Å²) >= 11 is 0. The Morgan fingerprint density at radius 1 is 1.58 bits per heavy atom. The SMILES string of the molecule is Cc1c[nH]c(C)c1C(F)CCN. The van der Waals surface area contributed by atoms with Gasteiger partial charge in [0.2, 0.25) is 0 Å². The number of hydrogen-bond donors (Lipinski definition) is 2. The van der Waals surface area contributed by atoms with Crippen molar-refractivity contribution in [2.24, 2.45) is 5.73 Å². The van der Waals surface area contributed by atoms with E-state index in [1.165, 1.54) is 0 Å². The van der Waals surface area contributed by atoms with Crippen LogP contribution in [-0.2, 0) is 0 Å². The molecule has 12 heavy (non-hydrogen) atoms. The molecule has 0 aliphatic carbocycles. The van der Waals surface area contributed by atoms with Crippen molar-refractivity contribution in [2.75, 3.05) is 6.54 Å². The number of hydrogen-bond acceptors (Lipinski definition) is 1. The highest BCUT2D eigenvalue weighted by Crippen LogP contribution is 2.26. The maximum Gasteiger partial charge on any atom is 0.128 e. The van der Waals surface area contributed by atoms with E-state index in [0.29, 0.717) is 13.0 Å². The van der Waals surface area contributed by atoms with Crippen molar-refractivity contribution < 1.29 is 4.39 Å². The van der Waals surface area contributed by atoms with Gasteiger partial charge in [-0.2, -0.15) is 0 Å². The van der Waals surface area contributed by atoms with Crippen molar-refractivity contribution in [1.29, 1.82) is 0 Å². The third kappa shape index (κ3) is 1.67. The first-order valence-corrected chi connectivity index (χ1v) is 4.15. The summed E-state index contributed by atoms with van der Waals surface area (Å²) in [5.74, 6) is 0. The number of halogens is 1. The van der Waals surface area contributed by atoms with E-state index in [-0.39, 0.29) is 0 Å². The Morgan fingerprint density at radius 2 is 2.25 bits per heavy atom. The zero-order valence-corrected chi connectivity index (χ0v) is 7.52. The van der Waals surface area contributed by atoms with Gasteiger partial charge in [-0.15, -0.1) is 0 Å². The van der Waals surface area contributed by atoms with E-state index >= 15 is 0 Å². The predicted molar refractivity (Wildman–Crippen MR) is 47.8 cm³/mol. The number of aryl methyl sites for hydroxylation is 2. The van der Waals surface area contributed by atoms with E-state index in [1.54, 1.807) is 0 Å². The van der Waals surface area contributed by atoms with Crippen molar-refractivity contribution in [3.05, 3.63) is 23.0 Å². The molecule has 0 aliphatic rings. The first-order valence-electron chi connectivity index (χ1n) is 4.15. The monoisotopic (exact) mass is 170 g/mol. The number of aromatic nitrogens is 1. The van der Waals surface area contributed by atoms with Gasteiger partial charge in [-0.1, -0.05) is 0 Å². The lowest BCUT2D eigenvalue weighted by Gasteiger charge is -2.07. The first kappa shape index (κ1) is 9.26. The zero-order chi connectivity index (χ0) is 9.14. The van der Waals surface area contributed by atoms with Crippen LogP contribution in [0.1, 0.15) is 29.4 Å². The Bertz CT molecular complexity index is 236. The minimum atomic E-state index is -0.916. The quantitative estimate of drug-likeness (QED) is 0.715. The molecule has 0 fully saturated rings. The highest BCUT2D eigenvalue weighted by Gasteiger charge is 2.14. The van der Waals surface area contributed by atoms with Crippen molar-refractivity contribution in [3.8, 4) is 0 Å². The van der Waals surface area contributed by atoms with E-state index < -0.39 is 6.17 Å². The molecule has 3 N–H and O–H groups in total. The molecule has 2 nitrogen and oxygen atoms in total. The van der Waals surface area contributed by atoms with Crippen molar-refractivity contribution >= 4 is 0 Å². The molecule has 0 bridgehead atoms. The fraction of sp³-hybridized carbons (Fsp3) is 0.556. The van der Waals surface area contributed by atoms with Crippen LogP contribution in [0.4, 0.5) is 4.39 Å². The lowest BCUT2D eigenvalue weighted by Crippen LogP contribution is -2.04. The predicted octanol–water partition coefficient (Wildman–Crippen LogP) is 1.99. The van der Waals surface area contributed by atoms with Crippen LogP contribution in [0.3, 0.4) is 0 Å². The second-order valence-electron chi connectivity index (χ2n) is 3.06. The van der Waals surface area contributed by atoms with Crippen LogP contribution in [0.2, 0.25) is 0 Å². The zero-order valence-electron chi connectivity index (χ0n) is 7.52. The third-order valence-electron chi connectivity index (χ3n) is 2.07. The van der Waals surface area contributed by atoms with Crippen molar-refractivity contribution in [1.82, 2.24) is 4.98 Å². The largest absolute Gasteiger partial charge is 0.365 e. The smallest absolute Gasteiger partial charge is 0.128 e. The number of aromatic amines is 1. The van der Waals surface area contributed by atoms with Gasteiger partial charge in [-0.3, -0.25) is 0 Å². The Morgan fingerprint density at radius 3 is 2.67 bits per heavy atom. The van der Waals surface area contributed by atoms with Gasteiger partial charge in [0, 0.05) is 17.5 Å². The van der Waals surface area contributed by atoms with E-state index in [0.717, 1.165) is 16.8 Å². The summed E-state index contributed by atoms with van der Waals surface area (Å²) in [7, 11) is 0. The number of H-pyrrole nitrogens is 1. The summed E-state index contributed by atoms with van der Waals surface area (Å²) in [4.78, 5) is 3.00. The highest BCUT2D eigenvalue weighted by atomic mass is 19.1. The second kappa shape index (κ2) is 3.72. The van der Waals surface area contributed by atoms with Crippen LogP contribution in [0.15, 0.2) is 6.20 Å². The summed E-state index contributed by atoms with van der Waals surface area (Å²) in [6.45, 7) is 4.18. The third-order valence-corrected chi connectivity index (χ3v) is 2.07. The molecule has 1 rings (SSSR count). The lowest BCUT2D eigenvalue weighted by molar-refractivity contribution is 0.325. The van der Waals surface area contributed by atoms with Crippen LogP contribution in [0, 0.1) is 13.8 Å². The fourth-order valence-electron chi connectivity index (χ4n) is 1.44. The molecule has 1 aromatic rings.